The van der Waals surface area contributed by atoms with Crippen molar-refractivity contribution in [2.75, 3.05) is 51.8 Å². The minimum Gasteiger partial charge on any atom is -0.378 e. The standard InChI is InChI=1S/C20H29N5O3S/c1-14-15(19(27)23-20(22-14)25-8-10-28-11-9-25)6-7-18(26)21-13-16(24(2)3)17-5-4-12-29-17/h4-5,12,16H,6-11,13H2,1-3H3,(H,21,26)(H,22,23,27). The Labute approximate surface area is 174 Å². The van der Waals surface area contributed by atoms with E-state index in [1.54, 1.807) is 11.3 Å². The van der Waals surface area contributed by atoms with Crippen LogP contribution in [0.3, 0.4) is 0 Å². The summed E-state index contributed by atoms with van der Waals surface area (Å²) in [6.45, 7) is 5.04. The lowest BCUT2D eigenvalue weighted by atomic mass is 10.1. The van der Waals surface area contributed by atoms with Crippen molar-refractivity contribution in [2.24, 2.45) is 0 Å². The first-order valence-electron chi connectivity index (χ1n) is 9.84. The van der Waals surface area contributed by atoms with Gasteiger partial charge in [-0.3, -0.25) is 14.6 Å². The number of likely N-dealkylation sites (N-methyl/N-ethyl adjacent to an activating group) is 1. The summed E-state index contributed by atoms with van der Waals surface area (Å²) in [5, 5.41) is 5.03. The van der Waals surface area contributed by atoms with Gasteiger partial charge in [0, 0.05) is 42.2 Å². The Morgan fingerprint density at radius 2 is 2.17 bits per heavy atom. The van der Waals surface area contributed by atoms with Gasteiger partial charge in [0.05, 0.1) is 19.3 Å². The number of amides is 1. The molecule has 2 aromatic rings. The highest BCUT2D eigenvalue weighted by atomic mass is 32.1. The molecule has 1 aliphatic heterocycles. The highest BCUT2D eigenvalue weighted by Crippen LogP contribution is 2.22. The number of nitrogens with one attached hydrogen (secondary N) is 2. The molecule has 0 radical (unpaired) electrons. The summed E-state index contributed by atoms with van der Waals surface area (Å²) in [5.41, 5.74) is 1.07. The average molecular weight is 420 g/mol. The molecule has 29 heavy (non-hydrogen) atoms. The van der Waals surface area contributed by atoms with Crippen molar-refractivity contribution in [3.8, 4) is 0 Å². The van der Waals surface area contributed by atoms with Crippen LogP contribution in [0.25, 0.3) is 0 Å². The number of aryl methyl sites for hydroxylation is 1. The van der Waals surface area contributed by atoms with Crippen molar-refractivity contribution in [1.29, 1.82) is 0 Å². The van der Waals surface area contributed by atoms with E-state index >= 15 is 0 Å². The molecule has 1 aliphatic rings. The first kappa shape index (κ1) is 21.5. The van der Waals surface area contributed by atoms with Gasteiger partial charge in [-0.25, -0.2) is 4.98 Å². The second-order valence-electron chi connectivity index (χ2n) is 7.35. The summed E-state index contributed by atoms with van der Waals surface area (Å²) in [5.74, 6) is 0.512. The van der Waals surface area contributed by atoms with Crippen LogP contribution in [0.15, 0.2) is 22.3 Å². The number of aromatic amines is 1. The van der Waals surface area contributed by atoms with Crippen LogP contribution in [0.2, 0.25) is 0 Å². The van der Waals surface area contributed by atoms with E-state index in [0.717, 1.165) is 0 Å². The van der Waals surface area contributed by atoms with E-state index in [1.165, 1.54) is 4.88 Å². The predicted molar refractivity (Wildman–Crippen MR) is 115 cm³/mol. The van der Waals surface area contributed by atoms with Gasteiger partial charge < -0.3 is 19.9 Å². The van der Waals surface area contributed by atoms with Crippen LogP contribution >= 0.6 is 11.3 Å². The first-order valence-corrected chi connectivity index (χ1v) is 10.7. The molecule has 1 fully saturated rings. The van der Waals surface area contributed by atoms with Crippen molar-refractivity contribution >= 4 is 23.2 Å². The van der Waals surface area contributed by atoms with Gasteiger partial charge in [-0.1, -0.05) is 6.07 Å². The molecular weight excluding hydrogens is 390 g/mol. The van der Waals surface area contributed by atoms with Gasteiger partial charge in [0.25, 0.3) is 5.56 Å². The molecule has 3 rings (SSSR count). The fourth-order valence-electron chi connectivity index (χ4n) is 3.37. The smallest absolute Gasteiger partial charge is 0.255 e. The Morgan fingerprint density at radius 3 is 2.79 bits per heavy atom. The molecule has 0 saturated carbocycles. The van der Waals surface area contributed by atoms with E-state index in [-0.39, 0.29) is 23.9 Å². The van der Waals surface area contributed by atoms with Crippen LogP contribution in [-0.4, -0.2) is 67.7 Å². The minimum absolute atomic E-state index is 0.0653. The maximum absolute atomic E-state index is 12.5. The van der Waals surface area contributed by atoms with E-state index in [0.29, 0.717) is 56.5 Å². The zero-order valence-corrected chi connectivity index (χ0v) is 18.1. The SMILES string of the molecule is Cc1nc(N2CCOCC2)[nH]c(=O)c1CCC(=O)NCC(c1cccs1)N(C)C. The molecule has 1 unspecified atom stereocenters. The third kappa shape index (κ3) is 5.65. The fourth-order valence-corrected chi connectivity index (χ4v) is 4.29. The Kier molecular flexibility index (Phi) is 7.40. The maximum atomic E-state index is 12.5. The van der Waals surface area contributed by atoms with E-state index in [1.807, 2.05) is 37.4 Å². The van der Waals surface area contributed by atoms with E-state index in [9.17, 15) is 9.59 Å². The minimum atomic E-state index is -0.170. The predicted octanol–water partition coefficient (Wildman–Crippen LogP) is 1.33. The molecule has 1 atom stereocenters. The molecule has 2 aromatic heterocycles. The number of morpholine rings is 1. The third-order valence-electron chi connectivity index (χ3n) is 5.11. The first-order chi connectivity index (χ1) is 14.0. The van der Waals surface area contributed by atoms with Gasteiger partial charge in [0.15, 0.2) is 0 Å². The second-order valence-corrected chi connectivity index (χ2v) is 8.33. The number of rotatable bonds is 8. The van der Waals surface area contributed by atoms with Crippen LogP contribution in [0.1, 0.15) is 28.6 Å². The lowest BCUT2D eigenvalue weighted by Crippen LogP contribution is -2.39. The molecule has 9 heteroatoms. The molecule has 1 amide bonds. The summed E-state index contributed by atoms with van der Waals surface area (Å²) in [4.78, 5) is 37.6. The topological polar surface area (TPSA) is 90.6 Å². The summed E-state index contributed by atoms with van der Waals surface area (Å²) in [6, 6.07) is 4.23. The second kappa shape index (κ2) is 10.00. The van der Waals surface area contributed by atoms with Crippen molar-refractivity contribution in [3.63, 3.8) is 0 Å². The number of ether oxygens (including phenoxy) is 1. The number of hydrogen-bond donors (Lipinski definition) is 2. The quantitative estimate of drug-likeness (QED) is 0.671. The normalized spacial score (nSPS) is 15.5. The van der Waals surface area contributed by atoms with E-state index in [2.05, 4.69) is 26.3 Å². The number of nitrogens with zero attached hydrogens (tertiary/aromatic N) is 3. The molecule has 158 valence electrons. The Bertz CT molecular complexity index is 859. The number of aromatic nitrogens is 2. The van der Waals surface area contributed by atoms with Gasteiger partial charge >= 0.3 is 0 Å². The van der Waals surface area contributed by atoms with Gasteiger partial charge in [-0.2, -0.15) is 0 Å². The summed E-state index contributed by atoms with van der Waals surface area (Å²) < 4.78 is 5.34. The zero-order valence-electron chi connectivity index (χ0n) is 17.2. The van der Waals surface area contributed by atoms with Crippen LogP contribution in [0.5, 0.6) is 0 Å². The number of carbonyl (C=O) groups is 1. The maximum Gasteiger partial charge on any atom is 0.255 e. The van der Waals surface area contributed by atoms with Crippen LogP contribution in [0.4, 0.5) is 5.95 Å². The summed E-state index contributed by atoms with van der Waals surface area (Å²) in [7, 11) is 4.00. The monoisotopic (exact) mass is 419 g/mol. The third-order valence-corrected chi connectivity index (χ3v) is 6.08. The Morgan fingerprint density at radius 1 is 1.41 bits per heavy atom. The number of hydrogen-bond acceptors (Lipinski definition) is 7. The molecular formula is C20H29N5O3S. The largest absolute Gasteiger partial charge is 0.378 e. The molecule has 2 N–H and O–H groups in total. The molecule has 8 nitrogen and oxygen atoms in total. The highest BCUT2D eigenvalue weighted by molar-refractivity contribution is 7.10. The molecule has 1 saturated heterocycles. The fraction of sp³-hybridized carbons (Fsp3) is 0.550. The number of carbonyl (C=O) groups excluding carboxylic acids is 1. The molecule has 3 heterocycles. The summed E-state index contributed by atoms with van der Waals surface area (Å²) in [6.07, 6.45) is 0.627. The van der Waals surface area contributed by atoms with Crippen LogP contribution in [-0.2, 0) is 16.0 Å². The lowest BCUT2D eigenvalue weighted by molar-refractivity contribution is -0.121. The zero-order chi connectivity index (χ0) is 20.8. The summed E-state index contributed by atoms with van der Waals surface area (Å²) >= 11 is 1.68. The van der Waals surface area contributed by atoms with Gasteiger partial charge in [0.2, 0.25) is 11.9 Å². The van der Waals surface area contributed by atoms with Crippen LogP contribution < -0.4 is 15.8 Å². The lowest BCUT2D eigenvalue weighted by Gasteiger charge is -2.27. The number of anilines is 1. The number of H-pyrrole nitrogens is 1. The van der Waals surface area contributed by atoms with E-state index in [4.69, 9.17) is 4.74 Å². The highest BCUT2D eigenvalue weighted by Gasteiger charge is 2.18. The van der Waals surface area contributed by atoms with Crippen molar-refractivity contribution in [3.05, 3.63) is 44.0 Å². The Hall–Kier alpha value is -2.23. The van der Waals surface area contributed by atoms with Gasteiger partial charge in [-0.05, 0) is 38.9 Å². The van der Waals surface area contributed by atoms with Gasteiger partial charge in [0.1, 0.15) is 0 Å². The van der Waals surface area contributed by atoms with Crippen LogP contribution in [0, 0.1) is 6.92 Å². The molecule has 0 aliphatic carbocycles. The van der Waals surface area contributed by atoms with Gasteiger partial charge in [-0.15, -0.1) is 11.3 Å². The van der Waals surface area contributed by atoms with E-state index < -0.39 is 0 Å². The van der Waals surface area contributed by atoms with Crippen molar-refractivity contribution in [2.45, 2.75) is 25.8 Å². The molecule has 0 spiro atoms. The Balaban J connectivity index is 1.56. The van der Waals surface area contributed by atoms with Crippen molar-refractivity contribution in [1.82, 2.24) is 20.2 Å². The average Bonchev–Trinajstić information content (AvgIpc) is 3.22. The van der Waals surface area contributed by atoms with Crippen molar-refractivity contribution < 1.29 is 9.53 Å². The molecule has 0 aromatic carbocycles. The number of thiophene rings is 1. The molecule has 0 bridgehead atoms.